The van der Waals surface area contributed by atoms with Crippen LogP contribution in [0.2, 0.25) is 0 Å². The molecule has 2 heterocycles. The lowest BCUT2D eigenvalue weighted by atomic mass is 10.0. The smallest absolute Gasteiger partial charge is 0.264 e. The second kappa shape index (κ2) is 11.4. The van der Waals surface area contributed by atoms with Gasteiger partial charge in [0.1, 0.15) is 0 Å². The molecule has 0 saturated carbocycles. The van der Waals surface area contributed by atoms with E-state index in [1.54, 1.807) is 37.3 Å². The highest BCUT2D eigenvalue weighted by Gasteiger charge is 2.29. The van der Waals surface area contributed by atoms with Crippen molar-refractivity contribution in [1.29, 1.82) is 0 Å². The van der Waals surface area contributed by atoms with Crippen molar-refractivity contribution in [2.24, 2.45) is 0 Å². The molecule has 40 heavy (non-hydrogen) atoms. The number of carbonyl (C=O) groups is 1. The van der Waals surface area contributed by atoms with Crippen LogP contribution in [0, 0.1) is 0 Å². The molecular weight excluding hydrogens is 548 g/mol. The first-order valence-electron chi connectivity index (χ1n) is 12.9. The molecule has 1 aliphatic heterocycles. The van der Waals surface area contributed by atoms with Crippen LogP contribution in [0.25, 0.3) is 10.2 Å². The van der Waals surface area contributed by atoms with Crippen LogP contribution in [0.1, 0.15) is 22.3 Å². The minimum atomic E-state index is -3.77. The molecule has 5 rings (SSSR count). The van der Waals surface area contributed by atoms with Gasteiger partial charge in [-0.1, -0.05) is 29.5 Å². The Morgan fingerprint density at radius 2 is 1.70 bits per heavy atom. The van der Waals surface area contributed by atoms with Crippen molar-refractivity contribution < 1.29 is 22.7 Å². The standard InChI is InChI=1S/C29H32N4O5S2/c1-31(2)16-17-32(29-30-23-18-25(37-3)26(38-4)19-27(23)39-29)28(34)21-11-13-22(14-12-21)40(35,36)33-15-7-9-20-8-5-6-10-24(20)33/h5-6,8,10-14,18-19H,7,9,15-17H2,1-4H3. The minimum absolute atomic E-state index is 0.153. The summed E-state index contributed by atoms with van der Waals surface area (Å²) in [6.07, 6.45) is 1.61. The third-order valence-corrected chi connectivity index (χ3v) is 9.75. The molecule has 0 atom stereocenters. The van der Waals surface area contributed by atoms with Crippen molar-refractivity contribution in [3.8, 4) is 11.5 Å². The fourth-order valence-corrected chi connectivity index (χ4v) is 7.28. The maximum Gasteiger partial charge on any atom is 0.264 e. The highest BCUT2D eigenvalue weighted by atomic mass is 32.2. The molecule has 0 aliphatic carbocycles. The lowest BCUT2D eigenvalue weighted by molar-refractivity contribution is 0.0985. The first kappa shape index (κ1) is 27.9. The summed E-state index contributed by atoms with van der Waals surface area (Å²) in [4.78, 5) is 22.3. The third kappa shape index (κ3) is 5.36. The van der Waals surface area contributed by atoms with E-state index in [4.69, 9.17) is 14.5 Å². The predicted octanol–water partition coefficient (Wildman–Crippen LogP) is 4.66. The van der Waals surface area contributed by atoms with Crippen LogP contribution in [0.5, 0.6) is 11.5 Å². The van der Waals surface area contributed by atoms with E-state index < -0.39 is 10.0 Å². The number of aryl methyl sites for hydroxylation is 1. The van der Waals surface area contributed by atoms with Crippen molar-refractivity contribution in [3.63, 3.8) is 0 Å². The summed E-state index contributed by atoms with van der Waals surface area (Å²) in [5.74, 6) is 0.891. The number of benzene rings is 3. The van der Waals surface area contributed by atoms with E-state index in [2.05, 4.69) is 0 Å². The van der Waals surface area contributed by atoms with Crippen molar-refractivity contribution >= 4 is 48.3 Å². The number of thiazole rings is 1. The zero-order valence-electron chi connectivity index (χ0n) is 23.0. The van der Waals surface area contributed by atoms with Crippen molar-refractivity contribution in [2.75, 3.05) is 57.2 Å². The van der Waals surface area contributed by atoms with Gasteiger partial charge in [-0.3, -0.25) is 14.0 Å². The van der Waals surface area contributed by atoms with Gasteiger partial charge in [-0.05, 0) is 62.8 Å². The second-order valence-electron chi connectivity index (χ2n) is 9.77. The van der Waals surface area contributed by atoms with Gasteiger partial charge in [-0.2, -0.15) is 0 Å². The Bertz CT molecular complexity index is 1590. The largest absolute Gasteiger partial charge is 0.493 e. The summed E-state index contributed by atoms with van der Waals surface area (Å²) in [6.45, 7) is 1.45. The highest BCUT2D eigenvalue weighted by Crippen LogP contribution is 2.38. The zero-order valence-corrected chi connectivity index (χ0v) is 24.6. The first-order chi connectivity index (χ1) is 19.2. The van der Waals surface area contributed by atoms with E-state index in [9.17, 15) is 13.2 Å². The zero-order chi connectivity index (χ0) is 28.4. The molecule has 210 valence electrons. The molecule has 9 nitrogen and oxygen atoms in total. The summed E-state index contributed by atoms with van der Waals surface area (Å²) < 4.78 is 40.3. The Hall–Kier alpha value is -3.67. The molecule has 11 heteroatoms. The average molecular weight is 581 g/mol. The molecule has 0 saturated heterocycles. The Kier molecular flexibility index (Phi) is 7.97. The molecule has 0 radical (unpaired) electrons. The van der Waals surface area contributed by atoms with Gasteiger partial charge in [0, 0.05) is 37.3 Å². The van der Waals surface area contributed by atoms with Crippen molar-refractivity contribution in [1.82, 2.24) is 9.88 Å². The number of sulfonamides is 1. The van der Waals surface area contributed by atoms with Crippen LogP contribution in [0.3, 0.4) is 0 Å². The number of likely N-dealkylation sites (N-methyl/N-ethyl adjacent to an activating group) is 1. The fraction of sp³-hybridized carbons (Fsp3) is 0.310. The Balaban J connectivity index is 1.45. The lowest BCUT2D eigenvalue weighted by Crippen LogP contribution is -2.37. The second-order valence-corrected chi connectivity index (χ2v) is 12.6. The molecule has 0 bridgehead atoms. The van der Waals surface area contributed by atoms with Gasteiger partial charge < -0.3 is 14.4 Å². The molecule has 0 fully saturated rings. The monoisotopic (exact) mass is 580 g/mol. The number of rotatable bonds is 9. The van der Waals surface area contributed by atoms with Gasteiger partial charge in [0.05, 0.1) is 35.0 Å². The van der Waals surface area contributed by atoms with Crippen molar-refractivity contribution in [2.45, 2.75) is 17.7 Å². The summed E-state index contributed by atoms with van der Waals surface area (Å²) in [6, 6.07) is 17.4. The van der Waals surface area contributed by atoms with Crippen molar-refractivity contribution in [3.05, 3.63) is 71.8 Å². The number of anilines is 2. The van der Waals surface area contributed by atoms with E-state index >= 15 is 0 Å². The molecule has 0 unspecified atom stereocenters. The molecule has 1 aliphatic rings. The summed E-state index contributed by atoms with van der Waals surface area (Å²) >= 11 is 1.39. The molecule has 0 spiro atoms. The molecule has 1 aromatic heterocycles. The minimum Gasteiger partial charge on any atom is -0.493 e. The van der Waals surface area contributed by atoms with Crippen LogP contribution >= 0.6 is 11.3 Å². The van der Waals surface area contributed by atoms with Crippen LogP contribution in [-0.4, -0.2) is 72.2 Å². The fourth-order valence-electron chi connectivity index (χ4n) is 4.74. The van der Waals surface area contributed by atoms with Gasteiger partial charge in [0.15, 0.2) is 16.6 Å². The average Bonchev–Trinajstić information content (AvgIpc) is 3.38. The number of hydrogen-bond donors (Lipinski definition) is 0. The Morgan fingerprint density at radius 1 is 1.00 bits per heavy atom. The summed E-state index contributed by atoms with van der Waals surface area (Å²) in [5.41, 5.74) is 2.81. The maximum atomic E-state index is 13.8. The van der Waals surface area contributed by atoms with Crippen LogP contribution in [-0.2, 0) is 16.4 Å². The van der Waals surface area contributed by atoms with E-state index in [0.717, 1.165) is 23.1 Å². The maximum absolute atomic E-state index is 13.8. The van der Waals surface area contributed by atoms with E-state index in [1.807, 2.05) is 49.3 Å². The molecule has 3 aromatic carbocycles. The van der Waals surface area contributed by atoms with Gasteiger partial charge in [-0.15, -0.1) is 0 Å². The van der Waals surface area contributed by atoms with Gasteiger partial charge in [0.25, 0.3) is 15.9 Å². The van der Waals surface area contributed by atoms with Gasteiger partial charge >= 0.3 is 0 Å². The number of ether oxygens (including phenoxy) is 2. The topological polar surface area (TPSA) is 92.3 Å². The van der Waals surface area contributed by atoms with E-state index in [0.29, 0.717) is 53.0 Å². The van der Waals surface area contributed by atoms with Crippen LogP contribution < -0.4 is 18.7 Å². The SMILES string of the molecule is COc1cc2nc(N(CCN(C)C)C(=O)c3ccc(S(=O)(=O)N4CCCc5ccccc54)cc3)sc2cc1OC. The van der Waals surface area contributed by atoms with E-state index in [1.165, 1.54) is 27.8 Å². The Morgan fingerprint density at radius 3 is 2.40 bits per heavy atom. The first-order valence-corrected chi connectivity index (χ1v) is 15.2. The number of hydrogen-bond acceptors (Lipinski definition) is 8. The number of methoxy groups -OCH3 is 2. The normalized spacial score (nSPS) is 13.4. The van der Waals surface area contributed by atoms with Gasteiger partial charge in [-0.25, -0.2) is 13.4 Å². The number of fused-ring (bicyclic) bond motifs is 2. The quantitative estimate of drug-likeness (QED) is 0.284. The number of para-hydroxylation sites is 1. The summed E-state index contributed by atoms with van der Waals surface area (Å²) in [7, 11) is 3.25. The molecule has 1 amide bonds. The highest BCUT2D eigenvalue weighted by molar-refractivity contribution is 7.92. The molecule has 0 N–H and O–H groups in total. The predicted molar refractivity (Wildman–Crippen MR) is 159 cm³/mol. The van der Waals surface area contributed by atoms with Crippen LogP contribution in [0.4, 0.5) is 10.8 Å². The molecular formula is C29H32N4O5S2. The van der Waals surface area contributed by atoms with Crippen LogP contribution in [0.15, 0.2) is 65.6 Å². The lowest BCUT2D eigenvalue weighted by Gasteiger charge is -2.30. The number of nitrogens with zero attached hydrogens (tertiary/aromatic N) is 4. The third-order valence-electron chi connectivity index (χ3n) is 6.89. The number of amides is 1. The number of aromatic nitrogens is 1. The molecule has 4 aromatic rings. The van der Waals surface area contributed by atoms with Gasteiger partial charge in [0.2, 0.25) is 0 Å². The summed E-state index contributed by atoms with van der Waals surface area (Å²) in [5, 5.41) is 0.541. The number of carbonyl (C=O) groups excluding carboxylic acids is 1. The van der Waals surface area contributed by atoms with E-state index in [-0.39, 0.29) is 10.8 Å². The Labute approximate surface area is 238 Å².